The van der Waals surface area contributed by atoms with Crippen LogP contribution in [0.15, 0.2) is 18.2 Å². The molecule has 0 heterocycles. The lowest BCUT2D eigenvalue weighted by molar-refractivity contribution is 0.207. The number of hydrogen-bond donors (Lipinski definition) is 3. The predicted molar refractivity (Wildman–Crippen MR) is 67.2 cm³/mol. The van der Waals surface area contributed by atoms with E-state index in [1.54, 1.807) is 25.3 Å². The summed E-state index contributed by atoms with van der Waals surface area (Å²) in [4.78, 5) is 0. The normalized spacial score (nSPS) is 14.4. The van der Waals surface area contributed by atoms with Crippen LogP contribution in [0.5, 0.6) is 11.5 Å². The summed E-state index contributed by atoms with van der Waals surface area (Å²) < 4.78 is 5.11. The molecule has 2 atom stereocenters. The lowest BCUT2D eigenvalue weighted by atomic mass is 10.0. The Labute approximate surface area is 102 Å². The van der Waals surface area contributed by atoms with Crippen molar-refractivity contribution in [1.82, 2.24) is 5.32 Å². The first-order chi connectivity index (χ1) is 8.08. The van der Waals surface area contributed by atoms with Gasteiger partial charge < -0.3 is 20.3 Å². The van der Waals surface area contributed by atoms with E-state index in [-0.39, 0.29) is 24.3 Å². The summed E-state index contributed by atoms with van der Waals surface area (Å²) in [7, 11) is 1.60. The summed E-state index contributed by atoms with van der Waals surface area (Å²) in [6.07, 6.45) is 0. The number of aliphatic hydroxyl groups is 1. The van der Waals surface area contributed by atoms with Gasteiger partial charge in [-0.25, -0.2) is 0 Å². The minimum Gasteiger partial charge on any atom is -0.508 e. The Balaban J connectivity index is 2.62. The highest BCUT2D eigenvalue weighted by atomic mass is 16.5. The number of hydrogen-bond acceptors (Lipinski definition) is 4. The van der Waals surface area contributed by atoms with Gasteiger partial charge in [-0.05, 0) is 31.0 Å². The van der Waals surface area contributed by atoms with Gasteiger partial charge in [-0.2, -0.15) is 0 Å². The van der Waals surface area contributed by atoms with Gasteiger partial charge in [-0.15, -0.1) is 0 Å². The van der Waals surface area contributed by atoms with Crippen molar-refractivity contribution in [3.8, 4) is 11.5 Å². The zero-order chi connectivity index (χ0) is 12.8. The Kier molecular flexibility index (Phi) is 5.25. The summed E-state index contributed by atoms with van der Waals surface area (Å²) in [6, 6.07) is 5.33. The van der Waals surface area contributed by atoms with Crippen LogP contribution in [0.4, 0.5) is 0 Å². The molecule has 4 heteroatoms. The van der Waals surface area contributed by atoms with E-state index in [1.807, 2.05) is 13.8 Å². The fraction of sp³-hybridized carbons (Fsp3) is 0.538. The number of ether oxygens (including phenoxy) is 1. The van der Waals surface area contributed by atoms with Crippen LogP contribution < -0.4 is 10.1 Å². The van der Waals surface area contributed by atoms with Gasteiger partial charge in [0, 0.05) is 24.8 Å². The zero-order valence-electron chi connectivity index (χ0n) is 10.6. The molecule has 4 nitrogen and oxygen atoms in total. The molecule has 0 bridgehead atoms. The quantitative estimate of drug-likeness (QED) is 0.704. The molecule has 0 aromatic heterocycles. The molecule has 0 aliphatic heterocycles. The highest BCUT2D eigenvalue weighted by molar-refractivity contribution is 5.39. The van der Waals surface area contributed by atoms with Gasteiger partial charge in [0.05, 0.1) is 7.11 Å². The average Bonchev–Trinajstić information content (AvgIpc) is 2.36. The maximum atomic E-state index is 9.69. The second kappa shape index (κ2) is 6.47. The van der Waals surface area contributed by atoms with E-state index in [0.29, 0.717) is 6.54 Å². The van der Waals surface area contributed by atoms with Crippen LogP contribution in [-0.2, 0) is 6.54 Å². The number of nitrogens with one attached hydrogen (secondary N) is 1. The number of rotatable bonds is 6. The molecule has 96 valence electrons. The number of aliphatic hydroxyl groups excluding tert-OH is 1. The van der Waals surface area contributed by atoms with E-state index in [4.69, 9.17) is 9.84 Å². The van der Waals surface area contributed by atoms with Gasteiger partial charge in [0.1, 0.15) is 11.5 Å². The van der Waals surface area contributed by atoms with Crippen molar-refractivity contribution in [2.24, 2.45) is 5.92 Å². The third kappa shape index (κ3) is 3.91. The average molecular weight is 239 g/mol. The molecule has 1 rings (SSSR count). The van der Waals surface area contributed by atoms with Crippen LogP contribution >= 0.6 is 0 Å². The first kappa shape index (κ1) is 13.8. The van der Waals surface area contributed by atoms with Crippen molar-refractivity contribution in [1.29, 1.82) is 0 Å². The minimum atomic E-state index is 0.151. The Morgan fingerprint density at radius 3 is 2.65 bits per heavy atom. The second-order valence-corrected chi connectivity index (χ2v) is 4.32. The van der Waals surface area contributed by atoms with Crippen LogP contribution in [-0.4, -0.2) is 30.0 Å². The first-order valence-corrected chi connectivity index (χ1v) is 5.78. The fourth-order valence-corrected chi connectivity index (χ4v) is 1.46. The van der Waals surface area contributed by atoms with Crippen molar-refractivity contribution in [2.75, 3.05) is 13.7 Å². The van der Waals surface area contributed by atoms with Crippen LogP contribution in [0.1, 0.15) is 19.4 Å². The molecule has 2 unspecified atom stereocenters. The number of phenolic OH excluding ortho intramolecular Hbond substituents is 1. The van der Waals surface area contributed by atoms with Crippen molar-refractivity contribution in [2.45, 2.75) is 26.4 Å². The van der Waals surface area contributed by atoms with E-state index < -0.39 is 0 Å². The molecule has 0 spiro atoms. The molecule has 0 radical (unpaired) electrons. The molecule has 17 heavy (non-hydrogen) atoms. The Hall–Kier alpha value is -1.26. The zero-order valence-corrected chi connectivity index (χ0v) is 10.6. The standard InChI is InChI=1S/C13H21NO3/c1-9(8-15)10(2)14-7-11-6-12(17-3)4-5-13(11)16/h4-6,9-10,14-16H,7-8H2,1-3H3. The fourth-order valence-electron chi connectivity index (χ4n) is 1.46. The third-order valence-electron chi connectivity index (χ3n) is 3.04. The molecule has 0 amide bonds. The van der Waals surface area contributed by atoms with Crippen molar-refractivity contribution in [3.63, 3.8) is 0 Å². The van der Waals surface area contributed by atoms with Crippen LogP contribution in [0.25, 0.3) is 0 Å². The number of methoxy groups -OCH3 is 1. The van der Waals surface area contributed by atoms with Crippen LogP contribution in [0.3, 0.4) is 0 Å². The van der Waals surface area contributed by atoms with E-state index >= 15 is 0 Å². The molecule has 0 aliphatic carbocycles. The summed E-state index contributed by atoms with van der Waals surface area (Å²) in [6.45, 7) is 4.69. The van der Waals surface area contributed by atoms with E-state index in [1.165, 1.54) is 0 Å². The SMILES string of the molecule is COc1ccc(O)c(CNC(C)C(C)CO)c1. The second-order valence-electron chi connectivity index (χ2n) is 4.32. The van der Waals surface area contributed by atoms with Crippen LogP contribution in [0.2, 0.25) is 0 Å². The highest BCUT2D eigenvalue weighted by Crippen LogP contribution is 2.22. The number of phenols is 1. The van der Waals surface area contributed by atoms with Gasteiger partial charge in [0.2, 0.25) is 0 Å². The van der Waals surface area contributed by atoms with E-state index in [2.05, 4.69) is 5.32 Å². The van der Waals surface area contributed by atoms with Gasteiger partial charge in [-0.1, -0.05) is 6.92 Å². The summed E-state index contributed by atoms with van der Waals surface area (Å²) in [5.41, 5.74) is 0.793. The van der Waals surface area contributed by atoms with Gasteiger partial charge in [0.25, 0.3) is 0 Å². The largest absolute Gasteiger partial charge is 0.508 e. The number of aromatic hydroxyl groups is 1. The monoisotopic (exact) mass is 239 g/mol. The third-order valence-corrected chi connectivity index (χ3v) is 3.04. The van der Waals surface area contributed by atoms with Gasteiger partial charge in [0.15, 0.2) is 0 Å². The summed E-state index contributed by atoms with van der Waals surface area (Å²) in [5.74, 6) is 1.16. The van der Waals surface area contributed by atoms with Gasteiger partial charge in [-0.3, -0.25) is 0 Å². The Bertz CT molecular complexity index is 355. The molecule has 1 aromatic carbocycles. The minimum absolute atomic E-state index is 0.151. The molecule has 0 saturated carbocycles. The molecular weight excluding hydrogens is 218 g/mol. The molecular formula is C13H21NO3. The maximum Gasteiger partial charge on any atom is 0.120 e. The lowest BCUT2D eigenvalue weighted by Gasteiger charge is -2.19. The summed E-state index contributed by atoms with van der Waals surface area (Å²) >= 11 is 0. The topological polar surface area (TPSA) is 61.7 Å². The van der Waals surface area contributed by atoms with Gasteiger partial charge >= 0.3 is 0 Å². The highest BCUT2D eigenvalue weighted by Gasteiger charge is 2.11. The molecule has 0 saturated heterocycles. The summed E-state index contributed by atoms with van der Waals surface area (Å²) in [5, 5.41) is 22.0. The first-order valence-electron chi connectivity index (χ1n) is 5.78. The molecule has 3 N–H and O–H groups in total. The van der Waals surface area contributed by atoms with Crippen molar-refractivity contribution >= 4 is 0 Å². The Morgan fingerprint density at radius 2 is 2.06 bits per heavy atom. The van der Waals surface area contributed by atoms with E-state index in [0.717, 1.165) is 11.3 Å². The van der Waals surface area contributed by atoms with Crippen molar-refractivity contribution < 1.29 is 14.9 Å². The van der Waals surface area contributed by atoms with E-state index in [9.17, 15) is 5.11 Å². The smallest absolute Gasteiger partial charge is 0.120 e. The Morgan fingerprint density at radius 1 is 1.35 bits per heavy atom. The van der Waals surface area contributed by atoms with Crippen molar-refractivity contribution in [3.05, 3.63) is 23.8 Å². The molecule has 0 aliphatic rings. The molecule has 1 aromatic rings. The predicted octanol–water partition coefficient (Wildman–Crippen LogP) is 1.51. The molecule has 0 fully saturated rings. The number of benzene rings is 1. The maximum absolute atomic E-state index is 9.69. The van der Waals surface area contributed by atoms with Crippen LogP contribution in [0, 0.1) is 5.92 Å². The lowest BCUT2D eigenvalue weighted by Crippen LogP contribution is -2.33.